The lowest BCUT2D eigenvalue weighted by Crippen LogP contribution is -2.39. The number of hydrogen-bond acceptors (Lipinski definition) is 5. The van der Waals surface area contributed by atoms with E-state index < -0.39 is 0 Å². The molecule has 1 aliphatic carbocycles. The summed E-state index contributed by atoms with van der Waals surface area (Å²) in [5, 5.41) is 15.4. The third-order valence-corrected chi connectivity index (χ3v) is 4.10. The zero-order valence-corrected chi connectivity index (χ0v) is 11.7. The molecule has 7 nitrogen and oxygen atoms in total. The van der Waals surface area contributed by atoms with Crippen LogP contribution in [-0.2, 0) is 7.05 Å². The van der Waals surface area contributed by atoms with E-state index in [2.05, 4.69) is 5.10 Å². The molecule has 1 aromatic heterocycles. The first-order valence-corrected chi connectivity index (χ1v) is 6.58. The normalized spacial score (nSPS) is 22.7. The lowest BCUT2D eigenvalue weighted by atomic mass is 10.0. The third-order valence-electron chi connectivity index (χ3n) is 4.10. The number of hydrogen-bond donors (Lipinski definition) is 1. The van der Waals surface area contributed by atoms with Crippen molar-refractivity contribution < 1.29 is 4.92 Å². The van der Waals surface area contributed by atoms with Gasteiger partial charge in [-0.2, -0.15) is 5.10 Å². The van der Waals surface area contributed by atoms with Crippen LogP contribution in [0.2, 0.25) is 0 Å². The van der Waals surface area contributed by atoms with Crippen molar-refractivity contribution in [1.82, 2.24) is 9.78 Å². The van der Waals surface area contributed by atoms with Crippen molar-refractivity contribution in [2.24, 2.45) is 18.7 Å². The minimum atomic E-state index is -0.347. The Kier molecular flexibility index (Phi) is 3.75. The second-order valence-electron chi connectivity index (χ2n) is 5.24. The third kappa shape index (κ3) is 2.30. The van der Waals surface area contributed by atoms with Crippen LogP contribution in [0, 0.1) is 23.0 Å². The minimum absolute atomic E-state index is 0.104. The highest BCUT2D eigenvalue weighted by molar-refractivity contribution is 5.61. The maximum absolute atomic E-state index is 11.2. The number of rotatable bonds is 4. The molecule has 19 heavy (non-hydrogen) atoms. The van der Waals surface area contributed by atoms with Gasteiger partial charge in [0.05, 0.1) is 4.92 Å². The van der Waals surface area contributed by atoms with E-state index in [-0.39, 0.29) is 16.7 Å². The Labute approximate surface area is 112 Å². The molecular weight excluding hydrogens is 246 g/mol. The van der Waals surface area contributed by atoms with Crippen LogP contribution in [0.4, 0.5) is 11.5 Å². The first-order valence-electron chi connectivity index (χ1n) is 6.58. The molecule has 0 spiro atoms. The van der Waals surface area contributed by atoms with Crippen LogP contribution < -0.4 is 10.6 Å². The van der Waals surface area contributed by atoms with Gasteiger partial charge in [0.1, 0.15) is 5.69 Å². The molecule has 2 N–H and O–H groups in total. The van der Waals surface area contributed by atoms with Crippen molar-refractivity contribution in [1.29, 1.82) is 0 Å². The first-order chi connectivity index (χ1) is 8.97. The van der Waals surface area contributed by atoms with Crippen LogP contribution in [0.15, 0.2) is 0 Å². The molecule has 7 heteroatoms. The van der Waals surface area contributed by atoms with Gasteiger partial charge in [-0.3, -0.25) is 10.1 Å². The summed E-state index contributed by atoms with van der Waals surface area (Å²) < 4.78 is 1.60. The Hall–Kier alpha value is -1.63. The molecule has 2 atom stereocenters. The smallest absolute Gasteiger partial charge is 0.333 e. The van der Waals surface area contributed by atoms with Gasteiger partial charge in [0.2, 0.25) is 5.82 Å². The molecule has 2 rings (SSSR count). The van der Waals surface area contributed by atoms with Gasteiger partial charge in [-0.05, 0) is 32.2 Å². The first kappa shape index (κ1) is 13.8. The van der Waals surface area contributed by atoms with E-state index in [9.17, 15) is 10.1 Å². The van der Waals surface area contributed by atoms with E-state index in [1.807, 2.05) is 11.9 Å². The fraction of sp³-hybridized carbons (Fsp3) is 0.750. The summed E-state index contributed by atoms with van der Waals surface area (Å²) in [6.07, 6.45) is 3.25. The summed E-state index contributed by atoms with van der Waals surface area (Å²) in [5.41, 5.74) is 6.36. The number of nitro groups is 1. The SMILES string of the molecule is Cc1nn(C)c(N(C)C2CCCC2CN)c1[N+](=O)[O-]. The summed E-state index contributed by atoms with van der Waals surface area (Å²) in [7, 11) is 3.65. The predicted molar refractivity (Wildman–Crippen MR) is 73.2 cm³/mol. The fourth-order valence-corrected chi connectivity index (χ4v) is 3.20. The second kappa shape index (κ2) is 5.16. The number of nitrogens with two attached hydrogens (primary N) is 1. The van der Waals surface area contributed by atoms with Crippen LogP contribution in [0.25, 0.3) is 0 Å². The van der Waals surface area contributed by atoms with E-state index in [1.165, 1.54) is 0 Å². The Morgan fingerprint density at radius 1 is 1.58 bits per heavy atom. The van der Waals surface area contributed by atoms with Crippen LogP contribution >= 0.6 is 0 Å². The molecule has 0 amide bonds. The van der Waals surface area contributed by atoms with Crippen LogP contribution in [0.1, 0.15) is 25.0 Å². The average Bonchev–Trinajstić information content (AvgIpc) is 2.91. The molecule has 1 heterocycles. The van der Waals surface area contributed by atoms with Crippen molar-refractivity contribution >= 4 is 11.5 Å². The molecule has 1 aliphatic rings. The zero-order chi connectivity index (χ0) is 14.2. The second-order valence-corrected chi connectivity index (χ2v) is 5.24. The number of nitrogens with zero attached hydrogens (tertiary/aromatic N) is 4. The molecule has 1 fully saturated rings. The minimum Gasteiger partial charge on any atom is -0.351 e. The Morgan fingerprint density at radius 3 is 2.84 bits per heavy atom. The molecular formula is C12H21N5O2. The van der Waals surface area contributed by atoms with Crippen molar-refractivity contribution in [3.8, 4) is 0 Å². The number of anilines is 1. The van der Waals surface area contributed by atoms with Crippen molar-refractivity contribution in [3.05, 3.63) is 15.8 Å². The zero-order valence-electron chi connectivity index (χ0n) is 11.7. The van der Waals surface area contributed by atoms with Crippen LogP contribution in [-0.4, -0.2) is 34.3 Å². The van der Waals surface area contributed by atoms with E-state index >= 15 is 0 Å². The van der Waals surface area contributed by atoms with Gasteiger partial charge in [0, 0.05) is 20.1 Å². The van der Waals surface area contributed by atoms with Gasteiger partial charge in [-0.25, -0.2) is 4.68 Å². The van der Waals surface area contributed by atoms with Gasteiger partial charge in [0.15, 0.2) is 0 Å². The fourth-order valence-electron chi connectivity index (χ4n) is 3.20. The lowest BCUT2D eigenvalue weighted by molar-refractivity contribution is -0.384. The van der Waals surface area contributed by atoms with Gasteiger partial charge >= 0.3 is 5.69 Å². The highest BCUT2D eigenvalue weighted by Crippen LogP contribution is 2.36. The number of aryl methyl sites for hydroxylation is 2. The predicted octanol–water partition coefficient (Wildman–Crippen LogP) is 1.20. The Balaban J connectivity index is 2.38. The van der Waals surface area contributed by atoms with Crippen molar-refractivity contribution in [2.45, 2.75) is 32.2 Å². The average molecular weight is 267 g/mol. The highest BCUT2D eigenvalue weighted by Gasteiger charge is 2.35. The van der Waals surface area contributed by atoms with E-state index in [4.69, 9.17) is 5.73 Å². The van der Waals surface area contributed by atoms with Gasteiger partial charge in [-0.15, -0.1) is 0 Å². The van der Waals surface area contributed by atoms with Crippen molar-refractivity contribution in [3.63, 3.8) is 0 Å². The summed E-state index contributed by atoms with van der Waals surface area (Å²) in [4.78, 5) is 12.9. The number of aromatic nitrogens is 2. The maximum atomic E-state index is 11.2. The highest BCUT2D eigenvalue weighted by atomic mass is 16.6. The summed E-state index contributed by atoms with van der Waals surface area (Å²) >= 11 is 0. The monoisotopic (exact) mass is 267 g/mol. The van der Waals surface area contributed by atoms with E-state index in [0.717, 1.165) is 19.3 Å². The topological polar surface area (TPSA) is 90.2 Å². The van der Waals surface area contributed by atoms with Gasteiger partial charge < -0.3 is 10.6 Å². The molecule has 0 radical (unpaired) electrons. The molecule has 0 aromatic carbocycles. The molecule has 2 unspecified atom stereocenters. The molecule has 1 saturated carbocycles. The van der Waals surface area contributed by atoms with Gasteiger partial charge in [0.25, 0.3) is 0 Å². The Bertz CT molecular complexity index is 485. The summed E-state index contributed by atoms with van der Waals surface area (Å²) in [6.45, 7) is 2.30. The largest absolute Gasteiger partial charge is 0.351 e. The summed E-state index contributed by atoms with van der Waals surface area (Å²) in [5.74, 6) is 0.979. The molecule has 0 aliphatic heterocycles. The van der Waals surface area contributed by atoms with E-state index in [0.29, 0.717) is 24.0 Å². The standard InChI is InChI=1S/C12H21N5O2/c1-8-11(17(18)19)12(16(3)14-8)15(2)10-6-4-5-9(10)7-13/h9-10H,4-7,13H2,1-3H3. The van der Waals surface area contributed by atoms with Crippen LogP contribution in [0.3, 0.4) is 0 Å². The van der Waals surface area contributed by atoms with E-state index in [1.54, 1.807) is 18.7 Å². The Morgan fingerprint density at radius 2 is 2.26 bits per heavy atom. The van der Waals surface area contributed by atoms with Crippen molar-refractivity contribution in [2.75, 3.05) is 18.5 Å². The summed E-state index contributed by atoms with van der Waals surface area (Å²) in [6, 6.07) is 0.262. The quantitative estimate of drug-likeness (QED) is 0.654. The molecule has 0 bridgehead atoms. The molecule has 0 saturated heterocycles. The van der Waals surface area contributed by atoms with Crippen LogP contribution in [0.5, 0.6) is 0 Å². The maximum Gasteiger partial charge on any atom is 0.333 e. The lowest BCUT2D eigenvalue weighted by Gasteiger charge is -2.30. The van der Waals surface area contributed by atoms with Gasteiger partial charge in [-0.1, -0.05) is 6.42 Å². The molecule has 1 aromatic rings. The molecule has 106 valence electrons.